The molecule has 7 heteroatoms. The van der Waals surface area contributed by atoms with Crippen molar-refractivity contribution in [3.63, 3.8) is 0 Å². The van der Waals surface area contributed by atoms with E-state index in [0.29, 0.717) is 19.6 Å². The van der Waals surface area contributed by atoms with Crippen LogP contribution in [0.5, 0.6) is 0 Å². The van der Waals surface area contributed by atoms with Crippen LogP contribution >= 0.6 is 0 Å². The number of hydrogen-bond acceptors (Lipinski definition) is 3. The van der Waals surface area contributed by atoms with E-state index in [4.69, 9.17) is 0 Å². The number of rotatable bonds is 3. The maximum atomic E-state index is 13.4. The maximum Gasteiger partial charge on any atom is 0.242 e. The molecule has 0 aliphatic carbocycles. The van der Waals surface area contributed by atoms with Gasteiger partial charge in [-0.2, -0.15) is 0 Å². The zero-order valence-corrected chi connectivity index (χ0v) is 16.2. The molecule has 4 aromatic rings. The normalized spacial score (nSPS) is 15.4. The van der Waals surface area contributed by atoms with E-state index < -0.39 is 0 Å². The first kappa shape index (κ1) is 17.8. The molecule has 0 radical (unpaired) electrons. The Balaban J connectivity index is 1.27. The molecule has 6 nitrogen and oxygen atoms in total. The number of para-hydroxylation sites is 2. The van der Waals surface area contributed by atoms with Gasteiger partial charge < -0.3 is 14.5 Å². The summed E-state index contributed by atoms with van der Waals surface area (Å²) in [6, 6.07) is 12.5. The van der Waals surface area contributed by atoms with Gasteiger partial charge in [0.25, 0.3) is 0 Å². The van der Waals surface area contributed by atoms with Crippen LogP contribution in [0, 0.1) is 12.7 Å². The number of carbonyl (C=O) groups excluding carboxylic acids is 1. The van der Waals surface area contributed by atoms with Crippen molar-refractivity contribution in [1.82, 2.24) is 24.4 Å². The first-order chi connectivity index (χ1) is 14.1. The number of halogens is 1. The summed E-state index contributed by atoms with van der Waals surface area (Å²) in [6.45, 7) is 3.63. The second kappa shape index (κ2) is 6.99. The lowest BCUT2D eigenvalue weighted by Gasteiger charge is -2.31. The lowest BCUT2D eigenvalue weighted by Crippen LogP contribution is -2.40. The molecule has 1 aliphatic heterocycles. The lowest BCUT2D eigenvalue weighted by molar-refractivity contribution is -0.132. The highest BCUT2D eigenvalue weighted by atomic mass is 19.1. The molecule has 0 atom stereocenters. The van der Waals surface area contributed by atoms with Crippen LogP contribution in [0.25, 0.3) is 22.1 Å². The van der Waals surface area contributed by atoms with E-state index in [0.717, 1.165) is 46.6 Å². The Labute approximate surface area is 167 Å². The molecule has 0 bridgehead atoms. The minimum atomic E-state index is -0.268. The average Bonchev–Trinajstić information content (AvgIpc) is 3.29. The van der Waals surface area contributed by atoms with Gasteiger partial charge in [-0.1, -0.05) is 12.1 Å². The number of imidazole rings is 2. The molecule has 5 rings (SSSR count). The standard InChI is InChI=1S/C22H22FN5O/c1-14-24-18-4-2-3-5-20(18)28(14)13-21(29)27-10-8-15(9-11-27)22-25-17-7-6-16(23)12-19(17)26-22/h2-7,12,15H,8-11,13H2,1H3,(H,25,26). The fourth-order valence-corrected chi connectivity index (χ4v) is 4.23. The summed E-state index contributed by atoms with van der Waals surface area (Å²) < 4.78 is 15.4. The van der Waals surface area contributed by atoms with Gasteiger partial charge in [-0.3, -0.25) is 4.79 Å². The van der Waals surface area contributed by atoms with E-state index in [2.05, 4.69) is 15.0 Å². The zero-order chi connectivity index (χ0) is 20.0. The van der Waals surface area contributed by atoms with Gasteiger partial charge in [0.05, 0.1) is 22.1 Å². The number of aromatic nitrogens is 4. The summed E-state index contributed by atoms with van der Waals surface area (Å²) in [6.07, 6.45) is 1.69. The Morgan fingerprint density at radius 2 is 1.93 bits per heavy atom. The summed E-state index contributed by atoms with van der Waals surface area (Å²) in [4.78, 5) is 27.2. The van der Waals surface area contributed by atoms with E-state index in [9.17, 15) is 9.18 Å². The number of likely N-dealkylation sites (tertiary alicyclic amines) is 1. The van der Waals surface area contributed by atoms with Gasteiger partial charge in [-0.15, -0.1) is 0 Å². The number of amides is 1. The Kier molecular flexibility index (Phi) is 4.30. The lowest BCUT2D eigenvalue weighted by atomic mass is 9.96. The van der Waals surface area contributed by atoms with Crippen molar-refractivity contribution in [1.29, 1.82) is 0 Å². The van der Waals surface area contributed by atoms with Crippen molar-refractivity contribution in [2.45, 2.75) is 32.2 Å². The molecule has 3 heterocycles. The molecule has 2 aromatic heterocycles. The predicted octanol–water partition coefficient (Wildman–Crippen LogP) is 3.77. The Bertz CT molecular complexity index is 1200. The Hall–Kier alpha value is -3.22. The number of nitrogens with one attached hydrogen (secondary N) is 1. The van der Waals surface area contributed by atoms with E-state index >= 15 is 0 Å². The van der Waals surface area contributed by atoms with Crippen LogP contribution in [0.15, 0.2) is 42.5 Å². The number of hydrogen-bond donors (Lipinski definition) is 1. The number of H-pyrrole nitrogens is 1. The van der Waals surface area contributed by atoms with Crippen molar-refractivity contribution < 1.29 is 9.18 Å². The number of benzene rings is 2. The van der Waals surface area contributed by atoms with Crippen LogP contribution in [0.4, 0.5) is 4.39 Å². The number of aryl methyl sites for hydroxylation is 1. The van der Waals surface area contributed by atoms with E-state index in [1.807, 2.05) is 40.7 Å². The Morgan fingerprint density at radius 1 is 1.14 bits per heavy atom. The highest BCUT2D eigenvalue weighted by Gasteiger charge is 2.26. The highest BCUT2D eigenvalue weighted by Crippen LogP contribution is 2.28. The summed E-state index contributed by atoms with van der Waals surface area (Å²) >= 11 is 0. The van der Waals surface area contributed by atoms with Crippen molar-refractivity contribution in [2.24, 2.45) is 0 Å². The van der Waals surface area contributed by atoms with Gasteiger partial charge in [-0.25, -0.2) is 14.4 Å². The molecule has 1 saturated heterocycles. The molecule has 1 fully saturated rings. The summed E-state index contributed by atoms with van der Waals surface area (Å²) in [5.74, 6) is 1.83. The third-order valence-electron chi connectivity index (χ3n) is 5.84. The molecule has 2 aromatic carbocycles. The van der Waals surface area contributed by atoms with Gasteiger partial charge in [0.1, 0.15) is 24.0 Å². The minimum absolute atomic E-state index is 0.112. The van der Waals surface area contributed by atoms with Gasteiger partial charge in [-0.05, 0) is 50.1 Å². The van der Waals surface area contributed by atoms with Gasteiger partial charge in [0.15, 0.2) is 0 Å². The molecular weight excluding hydrogens is 369 g/mol. The van der Waals surface area contributed by atoms with Crippen molar-refractivity contribution >= 4 is 28.0 Å². The highest BCUT2D eigenvalue weighted by molar-refractivity contribution is 5.81. The summed E-state index contributed by atoms with van der Waals surface area (Å²) in [5, 5.41) is 0. The van der Waals surface area contributed by atoms with Crippen LogP contribution in [-0.4, -0.2) is 43.4 Å². The van der Waals surface area contributed by atoms with Crippen molar-refractivity contribution in [3.05, 3.63) is 59.9 Å². The summed E-state index contributed by atoms with van der Waals surface area (Å²) in [5.41, 5.74) is 3.41. The molecular formula is C22H22FN5O. The third-order valence-corrected chi connectivity index (χ3v) is 5.84. The largest absolute Gasteiger partial charge is 0.342 e. The van der Waals surface area contributed by atoms with Crippen LogP contribution in [0.1, 0.15) is 30.4 Å². The maximum absolute atomic E-state index is 13.4. The van der Waals surface area contributed by atoms with E-state index in [1.165, 1.54) is 12.1 Å². The van der Waals surface area contributed by atoms with Gasteiger partial charge >= 0.3 is 0 Å². The molecule has 0 unspecified atom stereocenters. The SMILES string of the molecule is Cc1nc2ccccc2n1CC(=O)N1CCC(c2nc3ccc(F)cc3[nH]2)CC1. The topological polar surface area (TPSA) is 66.8 Å². The average molecular weight is 391 g/mol. The fraction of sp³-hybridized carbons (Fsp3) is 0.318. The summed E-state index contributed by atoms with van der Waals surface area (Å²) in [7, 11) is 0. The number of piperidine rings is 1. The van der Waals surface area contributed by atoms with Crippen molar-refractivity contribution in [3.8, 4) is 0 Å². The van der Waals surface area contributed by atoms with Gasteiger partial charge in [0.2, 0.25) is 5.91 Å². The smallest absolute Gasteiger partial charge is 0.242 e. The molecule has 0 spiro atoms. The van der Waals surface area contributed by atoms with Gasteiger partial charge in [0, 0.05) is 19.0 Å². The quantitative estimate of drug-likeness (QED) is 0.578. The van der Waals surface area contributed by atoms with Crippen LogP contribution < -0.4 is 0 Å². The second-order valence-corrected chi connectivity index (χ2v) is 7.67. The van der Waals surface area contributed by atoms with Crippen LogP contribution in [-0.2, 0) is 11.3 Å². The molecule has 0 saturated carbocycles. The number of fused-ring (bicyclic) bond motifs is 2. The monoisotopic (exact) mass is 391 g/mol. The molecule has 148 valence electrons. The minimum Gasteiger partial charge on any atom is -0.342 e. The molecule has 29 heavy (non-hydrogen) atoms. The Morgan fingerprint density at radius 3 is 2.76 bits per heavy atom. The third kappa shape index (κ3) is 3.26. The van der Waals surface area contributed by atoms with Crippen LogP contribution in [0.3, 0.4) is 0 Å². The first-order valence-corrected chi connectivity index (χ1v) is 9.93. The molecule has 1 amide bonds. The van der Waals surface area contributed by atoms with E-state index in [-0.39, 0.29) is 17.6 Å². The fourth-order valence-electron chi connectivity index (χ4n) is 4.23. The number of aromatic amines is 1. The molecule has 1 N–H and O–H groups in total. The van der Waals surface area contributed by atoms with E-state index in [1.54, 1.807) is 6.07 Å². The van der Waals surface area contributed by atoms with Crippen LogP contribution in [0.2, 0.25) is 0 Å². The second-order valence-electron chi connectivity index (χ2n) is 7.67. The predicted molar refractivity (Wildman–Crippen MR) is 109 cm³/mol. The zero-order valence-electron chi connectivity index (χ0n) is 16.2. The van der Waals surface area contributed by atoms with Crippen molar-refractivity contribution in [2.75, 3.05) is 13.1 Å². The first-order valence-electron chi connectivity index (χ1n) is 9.93. The number of nitrogens with zero attached hydrogens (tertiary/aromatic N) is 4. The molecule has 1 aliphatic rings. The number of carbonyl (C=O) groups is 1.